The molecule has 2 N–H and O–H groups in total. The van der Waals surface area contributed by atoms with Crippen molar-refractivity contribution in [1.82, 2.24) is 15.1 Å². The zero-order valence-electron chi connectivity index (χ0n) is 13.8. The smallest absolute Gasteiger partial charge is 0.326 e. The van der Waals surface area contributed by atoms with E-state index in [4.69, 9.17) is 4.74 Å². The van der Waals surface area contributed by atoms with Gasteiger partial charge in [-0.3, -0.25) is 0 Å². The van der Waals surface area contributed by atoms with Gasteiger partial charge in [-0.2, -0.15) is 0 Å². The molecular weight excluding hydrogens is 274 g/mol. The van der Waals surface area contributed by atoms with Gasteiger partial charge >= 0.3 is 12.0 Å². The number of carbonyl (C=O) groups excluding carboxylic acids is 1. The fourth-order valence-electron chi connectivity index (χ4n) is 2.20. The second kappa shape index (κ2) is 10.4. The zero-order valence-corrected chi connectivity index (χ0v) is 13.8. The van der Waals surface area contributed by atoms with E-state index >= 15 is 0 Å². The van der Waals surface area contributed by atoms with E-state index in [-0.39, 0.29) is 12.1 Å². The first-order valence-corrected chi connectivity index (χ1v) is 7.27. The van der Waals surface area contributed by atoms with Crippen molar-refractivity contribution in [2.45, 2.75) is 38.8 Å². The molecule has 21 heavy (non-hydrogen) atoms. The summed E-state index contributed by atoms with van der Waals surface area (Å²) < 4.78 is 4.91. The van der Waals surface area contributed by atoms with Crippen LogP contribution in [-0.4, -0.2) is 79.9 Å². The maximum Gasteiger partial charge on any atom is 0.326 e. The Bertz CT molecular complexity index is 323. The van der Waals surface area contributed by atoms with E-state index in [2.05, 4.69) is 5.32 Å². The maximum atomic E-state index is 12.2. The lowest BCUT2D eigenvalue weighted by atomic mass is 10.1. The van der Waals surface area contributed by atoms with Crippen LogP contribution >= 0.6 is 0 Å². The Labute approximate surface area is 127 Å². The monoisotopic (exact) mass is 303 g/mol. The van der Waals surface area contributed by atoms with Crippen LogP contribution in [0.2, 0.25) is 0 Å². The van der Waals surface area contributed by atoms with Gasteiger partial charge in [0.2, 0.25) is 0 Å². The highest BCUT2D eigenvalue weighted by Gasteiger charge is 2.24. The van der Waals surface area contributed by atoms with Crippen LogP contribution in [-0.2, 0) is 9.53 Å². The third-order valence-corrected chi connectivity index (χ3v) is 3.20. The zero-order chi connectivity index (χ0) is 16.4. The summed E-state index contributed by atoms with van der Waals surface area (Å²) in [4.78, 5) is 27.1. The van der Waals surface area contributed by atoms with Crippen LogP contribution in [0.4, 0.5) is 4.79 Å². The van der Waals surface area contributed by atoms with E-state index in [0.29, 0.717) is 26.0 Å². The Kier molecular flexibility index (Phi) is 9.73. The van der Waals surface area contributed by atoms with Crippen LogP contribution in [0, 0.1) is 0 Å². The number of ether oxygens (including phenoxy) is 1. The number of urea groups is 1. The molecule has 0 saturated carbocycles. The van der Waals surface area contributed by atoms with Gasteiger partial charge in [0.05, 0.1) is 0 Å². The molecule has 7 heteroatoms. The van der Waals surface area contributed by atoms with Crippen LogP contribution in [0.1, 0.15) is 26.7 Å². The third kappa shape index (κ3) is 7.87. The SMILES string of the molecule is CCN(C(=O)NC(CCCOC)C(=O)O)C(C)CN(C)C. The summed E-state index contributed by atoms with van der Waals surface area (Å²) >= 11 is 0. The van der Waals surface area contributed by atoms with Crippen LogP contribution in [0.25, 0.3) is 0 Å². The largest absolute Gasteiger partial charge is 0.480 e. The number of rotatable bonds is 10. The molecule has 0 rings (SSSR count). The number of nitrogens with one attached hydrogen (secondary N) is 1. The lowest BCUT2D eigenvalue weighted by Crippen LogP contribution is -2.52. The van der Waals surface area contributed by atoms with Crippen molar-refractivity contribution >= 4 is 12.0 Å². The van der Waals surface area contributed by atoms with E-state index in [0.717, 1.165) is 6.54 Å². The highest BCUT2D eigenvalue weighted by Crippen LogP contribution is 2.04. The van der Waals surface area contributed by atoms with Crippen molar-refractivity contribution in [2.75, 3.05) is 40.9 Å². The Hall–Kier alpha value is -1.34. The summed E-state index contributed by atoms with van der Waals surface area (Å²) in [7, 11) is 5.44. The van der Waals surface area contributed by atoms with Crippen LogP contribution in [0.15, 0.2) is 0 Å². The molecule has 0 saturated heterocycles. The third-order valence-electron chi connectivity index (χ3n) is 3.20. The molecule has 0 bridgehead atoms. The number of amides is 2. The molecule has 0 fully saturated rings. The lowest BCUT2D eigenvalue weighted by molar-refractivity contribution is -0.139. The highest BCUT2D eigenvalue weighted by atomic mass is 16.5. The molecular formula is C14H29N3O4. The summed E-state index contributed by atoms with van der Waals surface area (Å²) in [6.07, 6.45) is 0.946. The lowest BCUT2D eigenvalue weighted by Gasteiger charge is -2.31. The van der Waals surface area contributed by atoms with Crippen molar-refractivity contribution in [3.8, 4) is 0 Å². The molecule has 2 unspecified atom stereocenters. The summed E-state index contributed by atoms with van der Waals surface area (Å²) in [6.45, 7) is 5.57. The van der Waals surface area contributed by atoms with Crippen LogP contribution < -0.4 is 5.32 Å². The van der Waals surface area contributed by atoms with Crippen molar-refractivity contribution in [3.05, 3.63) is 0 Å². The average molecular weight is 303 g/mol. The minimum absolute atomic E-state index is 0.0124. The number of methoxy groups -OCH3 is 1. The number of nitrogens with zero attached hydrogens (tertiary/aromatic N) is 2. The number of carboxylic acid groups (broad SMARTS) is 1. The van der Waals surface area contributed by atoms with Gasteiger partial charge in [-0.15, -0.1) is 0 Å². The van der Waals surface area contributed by atoms with Crippen molar-refractivity contribution < 1.29 is 19.4 Å². The fraction of sp³-hybridized carbons (Fsp3) is 0.857. The molecule has 0 aliphatic rings. The van der Waals surface area contributed by atoms with Gasteiger partial charge in [0, 0.05) is 32.8 Å². The van der Waals surface area contributed by atoms with Gasteiger partial charge in [0.25, 0.3) is 0 Å². The normalized spacial score (nSPS) is 13.8. The summed E-state index contributed by atoms with van der Waals surface area (Å²) in [5, 5.41) is 11.8. The standard InChI is InChI=1S/C14H29N3O4/c1-6-17(11(2)10-16(3)4)14(20)15-12(13(18)19)8-7-9-21-5/h11-12H,6-10H2,1-5H3,(H,15,20)(H,18,19). The minimum atomic E-state index is -1.02. The van der Waals surface area contributed by atoms with E-state index in [1.54, 1.807) is 12.0 Å². The van der Waals surface area contributed by atoms with Gasteiger partial charge in [0.15, 0.2) is 0 Å². The molecule has 0 aromatic carbocycles. The Balaban J connectivity index is 4.58. The predicted molar refractivity (Wildman–Crippen MR) is 81.5 cm³/mol. The average Bonchev–Trinajstić information content (AvgIpc) is 2.37. The Morgan fingerprint density at radius 1 is 1.33 bits per heavy atom. The van der Waals surface area contributed by atoms with Gasteiger partial charge in [-0.05, 0) is 40.8 Å². The Morgan fingerprint density at radius 2 is 1.95 bits per heavy atom. The number of carbonyl (C=O) groups is 2. The quantitative estimate of drug-likeness (QED) is 0.585. The summed E-state index contributed by atoms with van der Waals surface area (Å²) in [6, 6.07) is -1.21. The van der Waals surface area contributed by atoms with Crippen LogP contribution in [0.5, 0.6) is 0 Å². The first-order chi connectivity index (χ1) is 9.83. The van der Waals surface area contributed by atoms with E-state index < -0.39 is 12.0 Å². The molecule has 0 aliphatic carbocycles. The van der Waals surface area contributed by atoms with Crippen molar-refractivity contribution in [1.29, 1.82) is 0 Å². The van der Waals surface area contributed by atoms with Crippen LogP contribution in [0.3, 0.4) is 0 Å². The topological polar surface area (TPSA) is 82.1 Å². The molecule has 7 nitrogen and oxygen atoms in total. The first-order valence-electron chi connectivity index (χ1n) is 7.27. The molecule has 0 aromatic rings. The van der Waals surface area contributed by atoms with E-state index in [9.17, 15) is 14.7 Å². The van der Waals surface area contributed by atoms with Gasteiger partial charge in [-0.1, -0.05) is 0 Å². The first kappa shape index (κ1) is 19.7. The highest BCUT2D eigenvalue weighted by molar-refractivity contribution is 5.82. The second-order valence-corrected chi connectivity index (χ2v) is 5.37. The van der Waals surface area contributed by atoms with E-state index in [1.165, 1.54) is 0 Å². The molecule has 0 aliphatic heterocycles. The van der Waals surface area contributed by atoms with Gasteiger partial charge in [0.1, 0.15) is 6.04 Å². The van der Waals surface area contributed by atoms with Crippen molar-refractivity contribution in [2.24, 2.45) is 0 Å². The second-order valence-electron chi connectivity index (χ2n) is 5.37. The Morgan fingerprint density at radius 3 is 2.38 bits per heavy atom. The summed E-state index contributed by atoms with van der Waals surface area (Å²) in [5.74, 6) is -1.02. The minimum Gasteiger partial charge on any atom is -0.480 e. The molecule has 2 atom stereocenters. The van der Waals surface area contributed by atoms with E-state index in [1.807, 2.05) is 32.8 Å². The maximum absolute atomic E-state index is 12.2. The number of carboxylic acids is 1. The number of hydrogen-bond acceptors (Lipinski definition) is 4. The molecule has 2 amide bonds. The fourth-order valence-corrected chi connectivity index (χ4v) is 2.20. The molecule has 0 aromatic heterocycles. The molecule has 0 spiro atoms. The van der Waals surface area contributed by atoms with Gasteiger partial charge < -0.3 is 25.0 Å². The number of aliphatic carboxylic acids is 1. The molecule has 124 valence electrons. The summed E-state index contributed by atoms with van der Waals surface area (Å²) in [5.41, 5.74) is 0. The molecule has 0 radical (unpaired) electrons. The van der Waals surface area contributed by atoms with Crippen molar-refractivity contribution in [3.63, 3.8) is 0 Å². The predicted octanol–water partition coefficient (Wildman–Crippen LogP) is 0.848. The number of hydrogen-bond donors (Lipinski definition) is 2. The number of likely N-dealkylation sites (N-methyl/N-ethyl adjacent to an activating group) is 2. The van der Waals surface area contributed by atoms with Gasteiger partial charge in [-0.25, -0.2) is 9.59 Å². The molecule has 0 heterocycles.